The molecule has 57 heavy (non-hydrogen) atoms. The minimum atomic E-state index is 0.644. The average molecular weight is 748 g/mol. The predicted molar refractivity (Wildman–Crippen MR) is 234 cm³/mol. The Morgan fingerprint density at radius 2 is 0.930 bits per heavy atom. The van der Waals surface area contributed by atoms with Gasteiger partial charge in [0, 0.05) is 64.0 Å². The van der Waals surface area contributed by atoms with Gasteiger partial charge in [-0.05, 0) is 65.2 Å². The molecule has 0 unspecified atom stereocenters. The van der Waals surface area contributed by atoms with Crippen LogP contribution in [0.2, 0.25) is 0 Å². The number of nitrogens with zero attached hydrogens (tertiary/aromatic N) is 3. The quantitative estimate of drug-likeness (QED) is 0.175. The highest BCUT2D eigenvalue weighted by Gasteiger charge is 2.20. The molecule has 12 rings (SSSR count). The lowest BCUT2D eigenvalue weighted by Crippen LogP contribution is -1.99. The van der Waals surface area contributed by atoms with Gasteiger partial charge in [-0.2, -0.15) is 0 Å². The molecule has 0 saturated heterocycles. The first-order valence-corrected chi connectivity index (χ1v) is 19.7. The van der Waals surface area contributed by atoms with Crippen molar-refractivity contribution in [3.8, 4) is 56.4 Å². The fourth-order valence-electron chi connectivity index (χ4n) is 8.23. The zero-order chi connectivity index (χ0) is 37.5. The van der Waals surface area contributed by atoms with Crippen molar-refractivity contribution in [2.75, 3.05) is 0 Å². The van der Waals surface area contributed by atoms with E-state index in [1.165, 1.54) is 25.7 Å². The highest BCUT2D eigenvalue weighted by atomic mass is 32.1. The maximum Gasteiger partial charge on any atom is 0.164 e. The van der Waals surface area contributed by atoms with E-state index in [0.29, 0.717) is 17.5 Å². The number of hydrogen-bond acceptors (Lipinski definition) is 6. The molecular weight excluding hydrogens is 719 g/mol. The van der Waals surface area contributed by atoms with E-state index in [9.17, 15) is 0 Å². The van der Waals surface area contributed by atoms with E-state index in [-0.39, 0.29) is 0 Å². The van der Waals surface area contributed by atoms with Crippen LogP contribution >= 0.6 is 11.3 Å². The summed E-state index contributed by atoms with van der Waals surface area (Å²) >= 11 is 1.79. The molecule has 6 heteroatoms. The fraction of sp³-hybridized carbons (Fsp3) is 0. The molecule has 12 aromatic rings. The first-order chi connectivity index (χ1) is 28.2. The van der Waals surface area contributed by atoms with Crippen molar-refractivity contribution in [3.63, 3.8) is 0 Å². The molecule has 0 aliphatic heterocycles. The van der Waals surface area contributed by atoms with Crippen LogP contribution in [0.1, 0.15) is 0 Å². The number of para-hydroxylation sites is 2. The van der Waals surface area contributed by atoms with Crippen LogP contribution in [0.4, 0.5) is 0 Å². The third-order valence-electron chi connectivity index (χ3n) is 10.9. The normalized spacial score (nSPS) is 11.9. The van der Waals surface area contributed by atoms with Gasteiger partial charge in [0.1, 0.15) is 22.3 Å². The molecule has 0 radical (unpaired) electrons. The Hall–Kier alpha value is -7.41. The van der Waals surface area contributed by atoms with Gasteiger partial charge >= 0.3 is 0 Å². The molecule has 266 valence electrons. The molecule has 0 atom stereocenters. The highest BCUT2D eigenvalue weighted by Crippen LogP contribution is 2.45. The third kappa shape index (κ3) is 5.19. The third-order valence-corrected chi connectivity index (χ3v) is 12.1. The molecule has 0 fully saturated rings. The van der Waals surface area contributed by atoms with E-state index in [2.05, 4.69) is 91.0 Å². The molecule has 0 aliphatic rings. The van der Waals surface area contributed by atoms with Gasteiger partial charge < -0.3 is 8.83 Å². The Kier molecular flexibility index (Phi) is 7.03. The fourth-order valence-corrected chi connectivity index (χ4v) is 9.40. The smallest absolute Gasteiger partial charge is 0.164 e. The summed E-state index contributed by atoms with van der Waals surface area (Å²) in [6.07, 6.45) is 0. The van der Waals surface area contributed by atoms with E-state index < -0.39 is 0 Å². The van der Waals surface area contributed by atoms with Crippen LogP contribution in [0.5, 0.6) is 0 Å². The maximum atomic E-state index is 6.63. The first-order valence-electron chi connectivity index (χ1n) is 18.9. The second-order valence-electron chi connectivity index (χ2n) is 14.3. The van der Waals surface area contributed by atoms with Gasteiger partial charge in [-0.1, -0.05) is 127 Å². The molecule has 0 bridgehead atoms. The Bertz CT molecular complexity index is 3470. The van der Waals surface area contributed by atoms with Crippen LogP contribution in [0, 0.1) is 0 Å². The van der Waals surface area contributed by atoms with Crippen molar-refractivity contribution >= 4 is 75.4 Å². The van der Waals surface area contributed by atoms with Crippen LogP contribution in [0.15, 0.2) is 185 Å². The monoisotopic (exact) mass is 747 g/mol. The van der Waals surface area contributed by atoms with Gasteiger partial charge in [0.25, 0.3) is 0 Å². The number of fused-ring (bicyclic) bond motifs is 9. The summed E-state index contributed by atoms with van der Waals surface area (Å²) < 4.78 is 15.4. The molecule has 0 spiro atoms. The van der Waals surface area contributed by atoms with Gasteiger partial charge in [-0.25, -0.2) is 15.0 Å². The van der Waals surface area contributed by atoms with Crippen molar-refractivity contribution in [3.05, 3.63) is 176 Å². The summed E-state index contributed by atoms with van der Waals surface area (Å²) in [5, 5.41) is 6.81. The van der Waals surface area contributed by atoms with Gasteiger partial charge in [0.15, 0.2) is 17.5 Å². The number of aromatic nitrogens is 3. The van der Waals surface area contributed by atoms with Crippen LogP contribution in [-0.2, 0) is 0 Å². The SMILES string of the molecule is c1ccc(-c2nc(-c3ccccc3)nc(-c3ccc4c(c3)sc3cccc(-c5cc(-c6ccc7c(c6)oc6ccccc67)c6oc7ccccc7c6c5)c34)n2)cc1. The van der Waals surface area contributed by atoms with Gasteiger partial charge in [0.2, 0.25) is 0 Å². The molecule has 5 nitrogen and oxygen atoms in total. The van der Waals surface area contributed by atoms with E-state index in [1.54, 1.807) is 11.3 Å². The van der Waals surface area contributed by atoms with E-state index >= 15 is 0 Å². The topological polar surface area (TPSA) is 65.0 Å². The zero-order valence-electron chi connectivity index (χ0n) is 30.3. The summed E-state index contributed by atoms with van der Waals surface area (Å²) in [6, 6.07) is 61.0. The maximum absolute atomic E-state index is 6.63. The number of furan rings is 2. The molecule has 8 aromatic carbocycles. The van der Waals surface area contributed by atoms with Crippen LogP contribution < -0.4 is 0 Å². The summed E-state index contributed by atoms with van der Waals surface area (Å²) in [7, 11) is 0. The molecule has 0 aliphatic carbocycles. The Morgan fingerprint density at radius 3 is 1.67 bits per heavy atom. The Balaban J connectivity index is 1.04. The average Bonchev–Trinajstić information content (AvgIpc) is 3.97. The lowest BCUT2D eigenvalue weighted by molar-refractivity contribution is 0.668. The second-order valence-corrected chi connectivity index (χ2v) is 15.4. The second kappa shape index (κ2) is 12.6. The van der Waals surface area contributed by atoms with Crippen LogP contribution in [0.3, 0.4) is 0 Å². The number of rotatable bonds is 5. The minimum absolute atomic E-state index is 0.644. The Morgan fingerprint density at radius 1 is 0.333 bits per heavy atom. The number of benzene rings is 8. The summed E-state index contributed by atoms with van der Waals surface area (Å²) in [4.78, 5) is 14.9. The predicted octanol–water partition coefficient (Wildman–Crippen LogP) is 14.4. The largest absolute Gasteiger partial charge is 0.456 e. The van der Waals surface area contributed by atoms with E-state index in [4.69, 9.17) is 23.8 Å². The minimum Gasteiger partial charge on any atom is -0.456 e. The molecular formula is C51H29N3O2S. The van der Waals surface area contributed by atoms with Gasteiger partial charge in [0.05, 0.1) is 0 Å². The summed E-state index contributed by atoms with van der Waals surface area (Å²) in [5.74, 6) is 1.94. The van der Waals surface area contributed by atoms with Crippen molar-refractivity contribution in [2.45, 2.75) is 0 Å². The lowest BCUT2D eigenvalue weighted by Gasteiger charge is -2.10. The standard InChI is InChI=1S/C51H29N3O2S/c1-3-12-30(13-4-1)49-52-50(31-14-5-2-6-15-31)54-51(53-49)33-23-25-39-46(29-33)57-45-21-11-18-35(47(39)45)34-26-40(48-41(27-34)37-17-8-10-20-43(37)56-48)32-22-24-38-36-16-7-9-19-42(36)55-44(38)28-32/h1-29H. The van der Waals surface area contributed by atoms with Crippen molar-refractivity contribution < 1.29 is 8.83 Å². The zero-order valence-corrected chi connectivity index (χ0v) is 31.1. The van der Waals surface area contributed by atoms with Crippen molar-refractivity contribution in [1.82, 2.24) is 15.0 Å². The number of thiophene rings is 1. The lowest BCUT2D eigenvalue weighted by atomic mass is 9.93. The van der Waals surface area contributed by atoms with Gasteiger partial charge in [-0.15, -0.1) is 11.3 Å². The van der Waals surface area contributed by atoms with E-state index in [1.807, 2.05) is 84.9 Å². The van der Waals surface area contributed by atoms with Gasteiger partial charge in [-0.3, -0.25) is 0 Å². The van der Waals surface area contributed by atoms with E-state index in [0.717, 1.165) is 77.3 Å². The molecule has 0 N–H and O–H groups in total. The summed E-state index contributed by atoms with van der Waals surface area (Å²) in [6.45, 7) is 0. The van der Waals surface area contributed by atoms with Crippen LogP contribution in [0.25, 0.3) is 120 Å². The molecule has 0 amide bonds. The van der Waals surface area contributed by atoms with Crippen LogP contribution in [-0.4, -0.2) is 15.0 Å². The van der Waals surface area contributed by atoms with Crippen molar-refractivity contribution in [2.24, 2.45) is 0 Å². The Labute approximate surface area is 330 Å². The highest BCUT2D eigenvalue weighted by molar-refractivity contribution is 7.26. The molecule has 4 heterocycles. The first kappa shape index (κ1) is 31.9. The summed E-state index contributed by atoms with van der Waals surface area (Å²) in [5.41, 5.74) is 10.7. The van der Waals surface area contributed by atoms with Crippen molar-refractivity contribution in [1.29, 1.82) is 0 Å². The molecule has 4 aromatic heterocycles. The number of hydrogen-bond donors (Lipinski definition) is 0. The molecule has 0 saturated carbocycles.